The summed E-state index contributed by atoms with van der Waals surface area (Å²) in [5.41, 5.74) is 1.33. The van der Waals surface area contributed by atoms with Crippen molar-refractivity contribution in [2.45, 2.75) is 18.7 Å². The van der Waals surface area contributed by atoms with Gasteiger partial charge in [-0.3, -0.25) is 9.80 Å². The predicted molar refractivity (Wildman–Crippen MR) is 63.0 cm³/mol. The molecule has 0 bridgehead atoms. The maximum Gasteiger partial charge on any atom is 0.109 e. The van der Waals surface area contributed by atoms with Gasteiger partial charge in [0.25, 0.3) is 0 Å². The number of aliphatic hydroxyl groups is 1. The van der Waals surface area contributed by atoms with Crippen LogP contribution in [0.15, 0.2) is 30.3 Å². The lowest BCUT2D eigenvalue weighted by Gasteiger charge is -2.22. The molecule has 3 nitrogen and oxygen atoms in total. The highest BCUT2D eigenvalue weighted by molar-refractivity contribution is 5.20. The van der Waals surface area contributed by atoms with E-state index in [1.807, 2.05) is 6.07 Å². The van der Waals surface area contributed by atoms with Crippen LogP contribution in [0.4, 0.5) is 0 Å². The maximum absolute atomic E-state index is 10.00. The lowest BCUT2D eigenvalue weighted by Crippen LogP contribution is -2.24. The Morgan fingerprint density at radius 3 is 2.19 bits per heavy atom. The third-order valence-electron chi connectivity index (χ3n) is 3.44. The normalized spacial score (nSPS) is 24.1. The Morgan fingerprint density at radius 1 is 1.00 bits per heavy atom. The van der Waals surface area contributed by atoms with Gasteiger partial charge in [-0.2, -0.15) is 0 Å². The van der Waals surface area contributed by atoms with Gasteiger partial charge in [-0.25, -0.2) is 0 Å². The number of rotatable bonds is 5. The van der Waals surface area contributed by atoms with E-state index in [0.717, 1.165) is 19.5 Å². The zero-order chi connectivity index (χ0) is 11.0. The Bertz CT molecular complexity index is 346. The first kappa shape index (κ1) is 10.3. The third kappa shape index (κ3) is 2.26. The molecule has 2 fully saturated rings. The fraction of sp³-hybridized carbons (Fsp3) is 0.538. The van der Waals surface area contributed by atoms with Gasteiger partial charge in [0.15, 0.2) is 0 Å². The van der Waals surface area contributed by atoms with Crippen LogP contribution in [0.2, 0.25) is 0 Å². The molecular formula is C13H18N2O. The molecule has 0 amide bonds. The van der Waals surface area contributed by atoms with Crippen LogP contribution in [-0.2, 0) is 0 Å². The predicted octanol–water partition coefficient (Wildman–Crippen LogP) is 1.07. The number of hydrogen-bond acceptors (Lipinski definition) is 3. The standard InChI is InChI=1S/C13H18N2O/c16-13(15-8-9-15)10-12(14-6-7-14)11-4-2-1-3-5-11/h1-5,12-13,16H,6-10H2. The number of benzene rings is 1. The van der Waals surface area contributed by atoms with E-state index in [2.05, 4.69) is 34.1 Å². The molecule has 16 heavy (non-hydrogen) atoms. The molecule has 1 aromatic carbocycles. The lowest BCUT2D eigenvalue weighted by atomic mass is 10.0. The Balaban J connectivity index is 1.70. The van der Waals surface area contributed by atoms with E-state index in [9.17, 15) is 5.11 Å². The van der Waals surface area contributed by atoms with Crippen LogP contribution in [0.5, 0.6) is 0 Å². The van der Waals surface area contributed by atoms with Crippen molar-refractivity contribution in [2.75, 3.05) is 26.2 Å². The van der Waals surface area contributed by atoms with E-state index in [4.69, 9.17) is 0 Å². The zero-order valence-corrected chi connectivity index (χ0v) is 9.42. The second kappa shape index (κ2) is 4.17. The van der Waals surface area contributed by atoms with Crippen LogP contribution in [-0.4, -0.2) is 47.3 Å². The summed E-state index contributed by atoms with van der Waals surface area (Å²) in [6.45, 7) is 4.46. The summed E-state index contributed by atoms with van der Waals surface area (Å²) in [4.78, 5) is 4.53. The minimum Gasteiger partial charge on any atom is -0.378 e. The Labute approximate surface area is 96.3 Å². The van der Waals surface area contributed by atoms with E-state index in [1.165, 1.54) is 18.7 Å². The SMILES string of the molecule is OC(CC(c1ccccc1)N1CC1)N1CC1. The van der Waals surface area contributed by atoms with Crippen molar-refractivity contribution in [3.05, 3.63) is 35.9 Å². The molecular weight excluding hydrogens is 200 g/mol. The molecule has 2 aliphatic rings. The molecule has 3 heteroatoms. The Morgan fingerprint density at radius 2 is 1.62 bits per heavy atom. The summed E-state index contributed by atoms with van der Waals surface area (Å²) < 4.78 is 0. The van der Waals surface area contributed by atoms with Crippen LogP contribution in [0.3, 0.4) is 0 Å². The van der Waals surface area contributed by atoms with Crippen molar-refractivity contribution in [2.24, 2.45) is 0 Å². The molecule has 2 saturated heterocycles. The number of nitrogens with zero attached hydrogens (tertiary/aromatic N) is 2. The summed E-state index contributed by atoms with van der Waals surface area (Å²) >= 11 is 0. The summed E-state index contributed by atoms with van der Waals surface area (Å²) in [5.74, 6) is 0. The van der Waals surface area contributed by atoms with Crippen LogP contribution in [0.1, 0.15) is 18.0 Å². The summed E-state index contributed by atoms with van der Waals surface area (Å²) in [5, 5.41) is 10.00. The van der Waals surface area contributed by atoms with Crippen molar-refractivity contribution in [3.63, 3.8) is 0 Å². The summed E-state index contributed by atoms with van der Waals surface area (Å²) in [6, 6.07) is 10.9. The van der Waals surface area contributed by atoms with Crippen molar-refractivity contribution < 1.29 is 5.11 Å². The van der Waals surface area contributed by atoms with Crippen molar-refractivity contribution in [3.8, 4) is 0 Å². The molecule has 1 aromatic rings. The first-order valence-electron chi connectivity index (χ1n) is 6.06. The zero-order valence-electron chi connectivity index (χ0n) is 9.42. The fourth-order valence-electron chi connectivity index (χ4n) is 2.25. The van der Waals surface area contributed by atoms with Gasteiger partial charge in [0.05, 0.1) is 0 Å². The second-order valence-electron chi connectivity index (χ2n) is 4.71. The van der Waals surface area contributed by atoms with Gasteiger partial charge < -0.3 is 5.11 Å². The van der Waals surface area contributed by atoms with E-state index in [-0.39, 0.29) is 6.23 Å². The van der Waals surface area contributed by atoms with E-state index >= 15 is 0 Å². The molecule has 2 aliphatic heterocycles. The minimum absolute atomic E-state index is 0.259. The van der Waals surface area contributed by atoms with Crippen molar-refractivity contribution >= 4 is 0 Å². The highest BCUT2D eigenvalue weighted by atomic mass is 16.3. The van der Waals surface area contributed by atoms with Crippen molar-refractivity contribution in [1.82, 2.24) is 9.80 Å². The Kier molecular flexibility index (Phi) is 2.67. The fourth-order valence-corrected chi connectivity index (χ4v) is 2.25. The van der Waals surface area contributed by atoms with Crippen LogP contribution in [0.25, 0.3) is 0 Å². The van der Waals surface area contributed by atoms with Crippen LogP contribution in [0, 0.1) is 0 Å². The molecule has 3 rings (SSSR count). The van der Waals surface area contributed by atoms with Crippen molar-refractivity contribution in [1.29, 1.82) is 0 Å². The maximum atomic E-state index is 10.00. The molecule has 0 aromatic heterocycles. The van der Waals surface area contributed by atoms with E-state index in [0.29, 0.717) is 6.04 Å². The average Bonchev–Trinajstić information content (AvgIpc) is 3.19. The Hall–Kier alpha value is -0.900. The minimum atomic E-state index is -0.259. The monoisotopic (exact) mass is 218 g/mol. The molecule has 0 radical (unpaired) electrons. The highest BCUT2D eigenvalue weighted by Gasteiger charge is 2.34. The van der Waals surface area contributed by atoms with Gasteiger partial charge in [-0.15, -0.1) is 0 Å². The molecule has 2 atom stereocenters. The molecule has 2 unspecified atom stereocenters. The second-order valence-corrected chi connectivity index (χ2v) is 4.71. The van der Waals surface area contributed by atoms with E-state index < -0.39 is 0 Å². The number of aliphatic hydroxyl groups excluding tert-OH is 1. The molecule has 1 N–H and O–H groups in total. The third-order valence-corrected chi connectivity index (χ3v) is 3.44. The van der Waals surface area contributed by atoms with Gasteiger partial charge in [0.1, 0.15) is 6.23 Å². The molecule has 0 saturated carbocycles. The lowest BCUT2D eigenvalue weighted by molar-refractivity contribution is 0.0542. The number of hydrogen-bond donors (Lipinski definition) is 1. The molecule has 0 aliphatic carbocycles. The summed E-state index contributed by atoms with van der Waals surface area (Å²) in [6.07, 6.45) is 0.579. The quantitative estimate of drug-likeness (QED) is 0.749. The topological polar surface area (TPSA) is 26.2 Å². The smallest absolute Gasteiger partial charge is 0.109 e. The van der Waals surface area contributed by atoms with Gasteiger partial charge in [0.2, 0.25) is 0 Å². The molecule has 2 heterocycles. The van der Waals surface area contributed by atoms with Crippen LogP contribution >= 0.6 is 0 Å². The molecule has 86 valence electrons. The van der Waals surface area contributed by atoms with E-state index in [1.54, 1.807) is 0 Å². The highest BCUT2D eigenvalue weighted by Crippen LogP contribution is 2.32. The van der Waals surface area contributed by atoms with Crippen LogP contribution < -0.4 is 0 Å². The average molecular weight is 218 g/mol. The first-order valence-corrected chi connectivity index (χ1v) is 6.06. The first-order chi connectivity index (χ1) is 7.84. The largest absolute Gasteiger partial charge is 0.378 e. The summed E-state index contributed by atoms with van der Waals surface area (Å²) in [7, 11) is 0. The van der Waals surface area contributed by atoms with Gasteiger partial charge in [-0.05, 0) is 5.56 Å². The van der Waals surface area contributed by atoms with Gasteiger partial charge >= 0.3 is 0 Å². The van der Waals surface area contributed by atoms with Gasteiger partial charge in [-0.1, -0.05) is 30.3 Å². The van der Waals surface area contributed by atoms with Gasteiger partial charge in [0, 0.05) is 38.6 Å². The molecule has 0 spiro atoms.